The number of carbonyl (C=O) groups is 1. The van der Waals surface area contributed by atoms with Crippen LogP contribution >= 0.6 is 12.4 Å². The average molecular weight is 390 g/mol. The van der Waals surface area contributed by atoms with Crippen molar-refractivity contribution in [3.05, 3.63) is 29.3 Å². The van der Waals surface area contributed by atoms with E-state index in [2.05, 4.69) is 10.0 Å². The number of aryl methyl sites for hydroxylation is 1. The van der Waals surface area contributed by atoms with Gasteiger partial charge in [-0.2, -0.15) is 0 Å². The Hall–Kier alpha value is -1.15. The van der Waals surface area contributed by atoms with Crippen LogP contribution in [-0.2, 0) is 10.0 Å². The number of nitrogens with zero attached hydrogens (tertiary/aromatic N) is 1. The Labute approximate surface area is 156 Å². The molecule has 1 amide bonds. The molecule has 1 aromatic rings. The van der Waals surface area contributed by atoms with Gasteiger partial charge in [0.2, 0.25) is 10.0 Å². The molecule has 25 heavy (non-hydrogen) atoms. The van der Waals surface area contributed by atoms with Crippen LogP contribution in [0.1, 0.15) is 42.6 Å². The highest BCUT2D eigenvalue weighted by molar-refractivity contribution is 7.89. The Balaban J connectivity index is 0.00000312. The lowest BCUT2D eigenvalue weighted by atomic mass is 10.1. The Morgan fingerprint density at radius 2 is 2.08 bits per heavy atom. The van der Waals surface area contributed by atoms with Crippen LogP contribution in [0.3, 0.4) is 0 Å². The summed E-state index contributed by atoms with van der Waals surface area (Å²) in [6, 6.07) is 4.92. The SMILES string of the molecule is CCCN(C(=O)c1cc(S(=O)(=O)NCC)ccc1C)C1CCNC1.Cl. The Bertz CT molecular complexity index is 688. The molecule has 1 atom stereocenters. The lowest BCUT2D eigenvalue weighted by Crippen LogP contribution is -2.42. The van der Waals surface area contributed by atoms with Gasteiger partial charge < -0.3 is 10.2 Å². The molecular weight excluding hydrogens is 362 g/mol. The molecule has 142 valence electrons. The number of rotatable bonds is 7. The molecule has 1 aliphatic rings. The molecule has 1 heterocycles. The smallest absolute Gasteiger partial charge is 0.254 e. The van der Waals surface area contributed by atoms with E-state index >= 15 is 0 Å². The topological polar surface area (TPSA) is 78.5 Å². The third kappa shape index (κ3) is 5.17. The van der Waals surface area contributed by atoms with E-state index in [9.17, 15) is 13.2 Å². The summed E-state index contributed by atoms with van der Waals surface area (Å²) in [5.74, 6) is -0.0865. The molecule has 0 bridgehead atoms. The third-order valence-corrected chi connectivity index (χ3v) is 5.83. The maximum Gasteiger partial charge on any atom is 0.254 e. The summed E-state index contributed by atoms with van der Waals surface area (Å²) in [6.07, 6.45) is 1.80. The summed E-state index contributed by atoms with van der Waals surface area (Å²) >= 11 is 0. The number of halogens is 1. The fraction of sp³-hybridized carbons (Fsp3) is 0.588. The molecule has 6 nitrogen and oxygen atoms in total. The van der Waals surface area contributed by atoms with Gasteiger partial charge in [0.25, 0.3) is 5.91 Å². The van der Waals surface area contributed by atoms with Crippen molar-refractivity contribution in [2.75, 3.05) is 26.2 Å². The van der Waals surface area contributed by atoms with Crippen molar-refractivity contribution in [1.82, 2.24) is 14.9 Å². The minimum absolute atomic E-state index is 0. The second-order valence-corrected chi connectivity index (χ2v) is 7.89. The highest BCUT2D eigenvalue weighted by Crippen LogP contribution is 2.20. The van der Waals surface area contributed by atoms with Gasteiger partial charge in [-0.1, -0.05) is 19.9 Å². The second kappa shape index (κ2) is 9.52. The quantitative estimate of drug-likeness (QED) is 0.746. The lowest BCUT2D eigenvalue weighted by Gasteiger charge is -2.29. The zero-order chi connectivity index (χ0) is 17.7. The maximum atomic E-state index is 13.1. The monoisotopic (exact) mass is 389 g/mol. The van der Waals surface area contributed by atoms with E-state index in [0.29, 0.717) is 18.7 Å². The highest BCUT2D eigenvalue weighted by Gasteiger charge is 2.28. The zero-order valence-corrected chi connectivity index (χ0v) is 16.7. The Morgan fingerprint density at radius 1 is 1.36 bits per heavy atom. The summed E-state index contributed by atoms with van der Waals surface area (Å²) in [7, 11) is -3.57. The van der Waals surface area contributed by atoms with Crippen molar-refractivity contribution >= 4 is 28.3 Å². The molecule has 0 saturated carbocycles. The third-order valence-electron chi connectivity index (χ3n) is 4.28. The number of carbonyl (C=O) groups excluding carboxylic acids is 1. The summed E-state index contributed by atoms with van der Waals surface area (Å²) < 4.78 is 26.9. The molecule has 1 unspecified atom stereocenters. The molecular formula is C17H28ClN3O3S. The van der Waals surface area contributed by atoms with Crippen molar-refractivity contribution in [2.24, 2.45) is 0 Å². The van der Waals surface area contributed by atoms with E-state index in [1.165, 1.54) is 6.07 Å². The molecule has 0 aliphatic carbocycles. The molecule has 2 N–H and O–H groups in total. The molecule has 1 aliphatic heterocycles. The van der Waals surface area contributed by atoms with Gasteiger partial charge >= 0.3 is 0 Å². The van der Waals surface area contributed by atoms with Crippen LogP contribution in [0.5, 0.6) is 0 Å². The normalized spacial score (nSPS) is 17.2. The summed E-state index contributed by atoms with van der Waals surface area (Å²) in [6.45, 7) is 8.31. The van der Waals surface area contributed by atoms with Gasteiger partial charge in [-0.15, -0.1) is 12.4 Å². The highest BCUT2D eigenvalue weighted by atomic mass is 35.5. The van der Waals surface area contributed by atoms with Gasteiger partial charge in [0, 0.05) is 31.2 Å². The first-order valence-electron chi connectivity index (χ1n) is 8.52. The van der Waals surface area contributed by atoms with Crippen LogP contribution in [-0.4, -0.2) is 51.4 Å². The fourth-order valence-corrected chi connectivity index (χ4v) is 4.09. The number of hydrogen-bond acceptors (Lipinski definition) is 4. The van der Waals surface area contributed by atoms with Crippen molar-refractivity contribution in [3.63, 3.8) is 0 Å². The van der Waals surface area contributed by atoms with Crippen LogP contribution in [0, 0.1) is 6.92 Å². The number of benzene rings is 1. The summed E-state index contributed by atoms with van der Waals surface area (Å²) in [5.41, 5.74) is 1.26. The molecule has 1 fully saturated rings. The first-order valence-corrected chi connectivity index (χ1v) is 10.0. The van der Waals surface area contributed by atoms with Crippen LogP contribution in [0.2, 0.25) is 0 Å². The molecule has 0 radical (unpaired) electrons. The van der Waals surface area contributed by atoms with Gasteiger partial charge in [0.1, 0.15) is 0 Å². The maximum absolute atomic E-state index is 13.1. The number of amides is 1. The van der Waals surface area contributed by atoms with E-state index in [4.69, 9.17) is 0 Å². The van der Waals surface area contributed by atoms with Gasteiger partial charge in [-0.3, -0.25) is 4.79 Å². The first-order chi connectivity index (χ1) is 11.4. The number of nitrogens with one attached hydrogen (secondary N) is 2. The largest absolute Gasteiger partial charge is 0.334 e. The first kappa shape index (κ1) is 21.9. The van der Waals surface area contributed by atoms with Crippen LogP contribution in [0.15, 0.2) is 23.1 Å². The van der Waals surface area contributed by atoms with Gasteiger partial charge in [-0.05, 0) is 44.0 Å². The summed E-state index contributed by atoms with van der Waals surface area (Å²) in [5, 5.41) is 3.28. The lowest BCUT2D eigenvalue weighted by molar-refractivity contribution is 0.0691. The Kier molecular flexibility index (Phi) is 8.34. The number of sulfonamides is 1. The van der Waals surface area contributed by atoms with Crippen LogP contribution < -0.4 is 10.0 Å². The molecule has 1 aromatic carbocycles. The van der Waals surface area contributed by atoms with Crippen molar-refractivity contribution in [3.8, 4) is 0 Å². The molecule has 0 aromatic heterocycles. The molecule has 1 saturated heterocycles. The zero-order valence-electron chi connectivity index (χ0n) is 15.0. The van der Waals surface area contributed by atoms with E-state index in [1.807, 2.05) is 18.7 Å². The molecule has 2 rings (SSSR count). The van der Waals surface area contributed by atoms with E-state index in [-0.39, 0.29) is 29.3 Å². The summed E-state index contributed by atoms with van der Waals surface area (Å²) in [4.78, 5) is 15.1. The number of hydrogen-bond donors (Lipinski definition) is 2. The van der Waals surface area contributed by atoms with Crippen molar-refractivity contribution < 1.29 is 13.2 Å². The average Bonchev–Trinajstić information content (AvgIpc) is 3.06. The van der Waals surface area contributed by atoms with E-state index in [1.54, 1.807) is 19.1 Å². The van der Waals surface area contributed by atoms with Gasteiger partial charge in [-0.25, -0.2) is 13.1 Å². The molecule has 8 heteroatoms. The van der Waals surface area contributed by atoms with Crippen molar-refractivity contribution in [1.29, 1.82) is 0 Å². The van der Waals surface area contributed by atoms with E-state index in [0.717, 1.165) is 31.5 Å². The minimum atomic E-state index is -3.57. The predicted molar refractivity (Wildman–Crippen MR) is 102 cm³/mol. The second-order valence-electron chi connectivity index (χ2n) is 6.12. The standard InChI is InChI=1S/C17H27N3O3S.ClH/c1-4-10-20(14-8-9-18-12-14)17(21)16-11-15(7-6-13(16)3)24(22,23)19-5-2;/h6-7,11,14,18-19H,4-5,8-10,12H2,1-3H3;1H. The van der Waals surface area contributed by atoms with Gasteiger partial charge in [0.05, 0.1) is 4.90 Å². The predicted octanol–water partition coefficient (Wildman–Crippen LogP) is 1.93. The van der Waals surface area contributed by atoms with Crippen LogP contribution in [0.4, 0.5) is 0 Å². The fourth-order valence-electron chi connectivity index (χ4n) is 3.02. The minimum Gasteiger partial charge on any atom is -0.334 e. The van der Waals surface area contributed by atoms with Crippen molar-refractivity contribution in [2.45, 2.75) is 44.6 Å². The van der Waals surface area contributed by atoms with E-state index < -0.39 is 10.0 Å². The van der Waals surface area contributed by atoms with Gasteiger partial charge in [0.15, 0.2) is 0 Å². The van der Waals surface area contributed by atoms with Crippen LogP contribution in [0.25, 0.3) is 0 Å². The Morgan fingerprint density at radius 3 is 2.64 bits per heavy atom. The molecule has 0 spiro atoms.